The van der Waals surface area contributed by atoms with Gasteiger partial charge in [-0.05, 0) is 37.5 Å². The maximum Gasteiger partial charge on any atom is 0.238 e. The number of nitrogens with two attached hydrogens (primary N) is 2. The van der Waals surface area contributed by atoms with Crippen molar-refractivity contribution in [3.05, 3.63) is 29.8 Å². The van der Waals surface area contributed by atoms with Gasteiger partial charge in [-0.3, -0.25) is 4.79 Å². The fraction of sp³-hybridized carbons (Fsp3) is 0.462. The van der Waals surface area contributed by atoms with Crippen molar-refractivity contribution < 1.29 is 13.2 Å². The molecule has 0 bridgehead atoms. The molecule has 0 aliphatic rings. The summed E-state index contributed by atoms with van der Waals surface area (Å²) in [6.45, 7) is 2.27. The molecule has 1 amide bonds. The van der Waals surface area contributed by atoms with Crippen molar-refractivity contribution in [3.63, 3.8) is 0 Å². The number of benzene rings is 1. The molecule has 1 rings (SSSR count). The molecule has 112 valence electrons. The van der Waals surface area contributed by atoms with Gasteiger partial charge >= 0.3 is 0 Å². The molecule has 1 aromatic rings. The lowest BCUT2D eigenvalue weighted by Crippen LogP contribution is -2.23. The number of sulfonamides is 1. The highest BCUT2D eigenvalue weighted by molar-refractivity contribution is 7.89. The standard InChI is InChI=1S/C13H21N3O3S/c1-10(14)3-2-4-13(17)16-9-11-5-7-12(8-6-11)20(15,18)19/h5-8,10H,2-4,9,14H2,1H3,(H,16,17)(H2,15,18,19). The van der Waals surface area contributed by atoms with Crippen molar-refractivity contribution in [2.75, 3.05) is 0 Å². The van der Waals surface area contributed by atoms with Crippen LogP contribution in [-0.4, -0.2) is 20.4 Å². The van der Waals surface area contributed by atoms with Crippen LogP contribution in [0.2, 0.25) is 0 Å². The third-order valence-corrected chi connectivity index (χ3v) is 3.73. The summed E-state index contributed by atoms with van der Waals surface area (Å²) >= 11 is 0. The molecule has 6 nitrogen and oxygen atoms in total. The van der Waals surface area contributed by atoms with Gasteiger partial charge in [0.1, 0.15) is 0 Å². The monoisotopic (exact) mass is 299 g/mol. The summed E-state index contributed by atoms with van der Waals surface area (Å²) in [6, 6.07) is 6.21. The Morgan fingerprint density at radius 2 is 1.90 bits per heavy atom. The Morgan fingerprint density at radius 1 is 1.30 bits per heavy atom. The summed E-state index contributed by atoms with van der Waals surface area (Å²) in [5, 5.41) is 7.77. The van der Waals surface area contributed by atoms with Crippen LogP contribution in [0.1, 0.15) is 31.7 Å². The summed E-state index contributed by atoms with van der Waals surface area (Å²) in [5.74, 6) is -0.0406. The molecule has 20 heavy (non-hydrogen) atoms. The number of hydrogen-bond donors (Lipinski definition) is 3. The minimum atomic E-state index is -3.67. The molecule has 0 aliphatic heterocycles. The minimum absolute atomic E-state index is 0.0406. The fourth-order valence-electron chi connectivity index (χ4n) is 1.67. The molecule has 0 fully saturated rings. The van der Waals surface area contributed by atoms with Crippen LogP contribution >= 0.6 is 0 Å². The van der Waals surface area contributed by atoms with Gasteiger partial charge in [0, 0.05) is 19.0 Å². The maximum atomic E-state index is 11.6. The minimum Gasteiger partial charge on any atom is -0.352 e. The highest BCUT2D eigenvalue weighted by atomic mass is 32.2. The van der Waals surface area contributed by atoms with Gasteiger partial charge in [0.2, 0.25) is 15.9 Å². The molecule has 7 heteroatoms. The van der Waals surface area contributed by atoms with Crippen molar-refractivity contribution in [1.29, 1.82) is 0 Å². The van der Waals surface area contributed by atoms with Crippen LogP contribution < -0.4 is 16.2 Å². The molecule has 0 saturated carbocycles. The lowest BCUT2D eigenvalue weighted by molar-refractivity contribution is -0.121. The number of amides is 1. The van der Waals surface area contributed by atoms with Gasteiger partial charge in [-0.2, -0.15) is 0 Å². The molecule has 0 aliphatic carbocycles. The molecule has 5 N–H and O–H groups in total. The average Bonchev–Trinajstić information content (AvgIpc) is 2.35. The zero-order chi connectivity index (χ0) is 15.2. The fourth-order valence-corrected chi connectivity index (χ4v) is 2.19. The van der Waals surface area contributed by atoms with Crippen LogP contribution in [0.4, 0.5) is 0 Å². The largest absolute Gasteiger partial charge is 0.352 e. The molecule has 1 aromatic carbocycles. The van der Waals surface area contributed by atoms with E-state index in [1.165, 1.54) is 12.1 Å². The van der Waals surface area contributed by atoms with Crippen LogP contribution in [-0.2, 0) is 21.4 Å². The van der Waals surface area contributed by atoms with Crippen molar-refractivity contribution in [3.8, 4) is 0 Å². The number of hydrogen-bond acceptors (Lipinski definition) is 4. The second-order valence-electron chi connectivity index (χ2n) is 4.84. The van der Waals surface area contributed by atoms with E-state index in [1.807, 2.05) is 6.92 Å². The molecule has 0 aromatic heterocycles. The van der Waals surface area contributed by atoms with Crippen molar-refractivity contribution in [1.82, 2.24) is 5.32 Å². The van der Waals surface area contributed by atoms with Gasteiger partial charge in [-0.15, -0.1) is 0 Å². The maximum absolute atomic E-state index is 11.6. The first-order valence-corrected chi connectivity index (χ1v) is 7.97. The Hall–Kier alpha value is -1.44. The second kappa shape index (κ2) is 7.37. The summed E-state index contributed by atoms with van der Waals surface area (Å²) in [7, 11) is -3.67. The van der Waals surface area contributed by atoms with E-state index < -0.39 is 10.0 Å². The number of rotatable bonds is 7. The van der Waals surface area contributed by atoms with E-state index in [4.69, 9.17) is 10.9 Å². The highest BCUT2D eigenvalue weighted by Crippen LogP contribution is 2.08. The number of primary sulfonamides is 1. The third kappa shape index (κ3) is 6.14. The Bertz CT molecular complexity index is 538. The Labute approximate surface area is 119 Å². The number of carbonyl (C=O) groups excluding carboxylic acids is 1. The van der Waals surface area contributed by atoms with E-state index in [0.717, 1.165) is 18.4 Å². The van der Waals surface area contributed by atoms with Crippen LogP contribution in [0.15, 0.2) is 29.2 Å². The Balaban J connectivity index is 2.40. The van der Waals surface area contributed by atoms with Gasteiger partial charge in [-0.1, -0.05) is 12.1 Å². The molecule has 0 radical (unpaired) electrons. The van der Waals surface area contributed by atoms with E-state index in [9.17, 15) is 13.2 Å². The lowest BCUT2D eigenvalue weighted by atomic mass is 10.1. The van der Waals surface area contributed by atoms with Crippen LogP contribution in [0.25, 0.3) is 0 Å². The van der Waals surface area contributed by atoms with Crippen molar-refractivity contribution in [2.24, 2.45) is 10.9 Å². The summed E-state index contributed by atoms with van der Waals surface area (Å²) in [5.41, 5.74) is 6.42. The van der Waals surface area contributed by atoms with Crippen molar-refractivity contribution in [2.45, 2.75) is 43.7 Å². The van der Waals surface area contributed by atoms with Crippen LogP contribution in [0.5, 0.6) is 0 Å². The summed E-state index contributed by atoms with van der Waals surface area (Å²) in [4.78, 5) is 11.6. The van der Waals surface area contributed by atoms with Crippen molar-refractivity contribution >= 4 is 15.9 Å². The van der Waals surface area contributed by atoms with Crippen LogP contribution in [0, 0.1) is 0 Å². The molecule has 1 unspecified atom stereocenters. The smallest absolute Gasteiger partial charge is 0.238 e. The zero-order valence-electron chi connectivity index (χ0n) is 11.5. The van der Waals surface area contributed by atoms with E-state index in [0.29, 0.717) is 13.0 Å². The second-order valence-corrected chi connectivity index (χ2v) is 6.40. The molecular formula is C13H21N3O3S. The predicted octanol–water partition coefficient (Wildman–Crippen LogP) is 0.468. The van der Waals surface area contributed by atoms with E-state index in [2.05, 4.69) is 5.32 Å². The number of carbonyl (C=O) groups is 1. The highest BCUT2D eigenvalue weighted by Gasteiger charge is 2.07. The van der Waals surface area contributed by atoms with Crippen LogP contribution in [0.3, 0.4) is 0 Å². The first kappa shape index (κ1) is 16.6. The normalized spacial score (nSPS) is 12.9. The predicted molar refractivity (Wildman–Crippen MR) is 77.2 cm³/mol. The van der Waals surface area contributed by atoms with Gasteiger partial charge < -0.3 is 11.1 Å². The Morgan fingerprint density at radius 3 is 2.40 bits per heavy atom. The summed E-state index contributed by atoms with van der Waals surface area (Å²) in [6.07, 6.45) is 2.02. The van der Waals surface area contributed by atoms with Gasteiger partial charge in [-0.25, -0.2) is 13.6 Å². The molecule has 0 heterocycles. The number of nitrogens with one attached hydrogen (secondary N) is 1. The lowest BCUT2D eigenvalue weighted by Gasteiger charge is -2.07. The zero-order valence-corrected chi connectivity index (χ0v) is 12.3. The average molecular weight is 299 g/mol. The van der Waals surface area contributed by atoms with E-state index >= 15 is 0 Å². The first-order chi connectivity index (χ1) is 9.29. The molecule has 0 spiro atoms. The van der Waals surface area contributed by atoms with Gasteiger partial charge in [0.15, 0.2) is 0 Å². The van der Waals surface area contributed by atoms with Gasteiger partial charge in [0.05, 0.1) is 4.90 Å². The van der Waals surface area contributed by atoms with Gasteiger partial charge in [0.25, 0.3) is 0 Å². The topological polar surface area (TPSA) is 115 Å². The molecule has 0 saturated heterocycles. The SMILES string of the molecule is CC(N)CCCC(=O)NCc1ccc(S(N)(=O)=O)cc1. The molecule has 1 atom stereocenters. The third-order valence-electron chi connectivity index (χ3n) is 2.80. The molecular weight excluding hydrogens is 278 g/mol. The Kier molecular flexibility index (Phi) is 6.12. The van der Waals surface area contributed by atoms with E-state index in [-0.39, 0.29) is 16.8 Å². The quantitative estimate of drug-likeness (QED) is 0.678. The van der Waals surface area contributed by atoms with E-state index in [1.54, 1.807) is 12.1 Å². The summed E-state index contributed by atoms with van der Waals surface area (Å²) < 4.78 is 22.2. The first-order valence-electron chi connectivity index (χ1n) is 6.43.